The predicted octanol–water partition coefficient (Wildman–Crippen LogP) is 3.09. The van der Waals surface area contributed by atoms with Crippen LogP contribution in [0.15, 0.2) is 48.5 Å². The van der Waals surface area contributed by atoms with Crippen molar-refractivity contribution in [1.29, 1.82) is 0 Å². The number of nitrogens with two attached hydrogens (primary N) is 1. The number of nitrogens with one attached hydrogen (secondary N) is 2. The summed E-state index contributed by atoms with van der Waals surface area (Å²) in [6, 6.07) is 14.4. The minimum Gasteiger partial charge on any atom is -0.467 e. The molecule has 2 unspecified atom stereocenters. The Morgan fingerprint density at radius 2 is 1.90 bits per heavy atom. The molecule has 2 aromatic rings. The zero-order valence-electron chi connectivity index (χ0n) is 16.9. The number of hydrogen-bond donors (Lipinski definition) is 4. The first-order valence-corrected chi connectivity index (χ1v) is 10.3. The smallest absolute Gasteiger partial charge is 0.328 e. The normalized spacial score (nSPS) is 12.7. The van der Waals surface area contributed by atoms with Crippen LogP contribution < -0.4 is 16.4 Å². The number of thiol groups is 1. The summed E-state index contributed by atoms with van der Waals surface area (Å²) in [7, 11) is 1.32. The third kappa shape index (κ3) is 6.51. The van der Waals surface area contributed by atoms with E-state index in [1.165, 1.54) is 7.11 Å². The molecule has 7 heteroatoms. The lowest BCUT2D eigenvalue weighted by Gasteiger charge is -2.18. The molecule has 0 saturated heterocycles. The molecule has 0 spiro atoms. The zero-order valence-corrected chi connectivity index (χ0v) is 17.7. The van der Waals surface area contributed by atoms with E-state index < -0.39 is 12.0 Å². The molecule has 29 heavy (non-hydrogen) atoms. The molecule has 0 fully saturated rings. The Kier molecular flexibility index (Phi) is 9.02. The Morgan fingerprint density at radius 1 is 1.17 bits per heavy atom. The highest BCUT2D eigenvalue weighted by molar-refractivity contribution is 7.80. The van der Waals surface area contributed by atoms with Crippen LogP contribution >= 0.6 is 12.6 Å². The highest BCUT2D eigenvalue weighted by Crippen LogP contribution is 2.27. The highest BCUT2D eigenvalue weighted by Gasteiger charge is 2.23. The molecule has 0 heterocycles. The van der Waals surface area contributed by atoms with Crippen molar-refractivity contribution in [2.45, 2.75) is 31.8 Å². The second kappa shape index (κ2) is 11.5. The van der Waals surface area contributed by atoms with E-state index in [1.807, 2.05) is 49.4 Å². The van der Waals surface area contributed by atoms with Gasteiger partial charge < -0.3 is 21.1 Å². The van der Waals surface area contributed by atoms with Gasteiger partial charge in [0.25, 0.3) is 5.91 Å². The molecule has 0 aromatic heterocycles. The Labute approximate surface area is 177 Å². The Morgan fingerprint density at radius 3 is 2.52 bits per heavy atom. The van der Waals surface area contributed by atoms with Gasteiger partial charge in [0.05, 0.1) is 7.11 Å². The molecular weight excluding hydrogens is 386 g/mol. The summed E-state index contributed by atoms with van der Waals surface area (Å²) < 4.78 is 4.82. The number of carbonyl (C=O) groups excluding carboxylic acids is 2. The van der Waals surface area contributed by atoms with Crippen LogP contribution in [0.4, 0.5) is 5.69 Å². The number of benzene rings is 2. The zero-order chi connectivity index (χ0) is 21.2. The van der Waals surface area contributed by atoms with E-state index in [0.29, 0.717) is 24.3 Å². The van der Waals surface area contributed by atoms with Gasteiger partial charge >= 0.3 is 5.97 Å². The fraction of sp³-hybridized carbons (Fsp3) is 0.364. The number of rotatable bonds is 10. The monoisotopic (exact) mass is 415 g/mol. The third-order valence-corrected chi connectivity index (χ3v) is 4.99. The lowest BCUT2D eigenvalue weighted by molar-refractivity contribution is -0.143. The van der Waals surface area contributed by atoms with Gasteiger partial charge in [0.2, 0.25) is 0 Å². The summed E-state index contributed by atoms with van der Waals surface area (Å²) >= 11 is 4.20. The summed E-state index contributed by atoms with van der Waals surface area (Å²) in [6.07, 6.45) is 1.26. The minimum absolute atomic E-state index is 0.0728. The van der Waals surface area contributed by atoms with E-state index in [4.69, 9.17) is 10.5 Å². The van der Waals surface area contributed by atoms with Gasteiger partial charge in [0, 0.05) is 29.6 Å². The van der Waals surface area contributed by atoms with Gasteiger partial charge in [0.15, 0.2) is 0 Å². The second-order valence-corrected chi connectivity index (χ2v) is 7.15. The molecule has 2 aromatic carbocycles. The summed E-state index contributed by atoms with van der Waals surface area (Å²) in [5.41, 5.74) is 8.95. The van der Waals surface area contributed by atoms with Crippen LogP contribution in [0.1, 0.15) is 30.1 Å². The van der Waals surface area contributed by atoms with E-state index in [-0.39, 0.29) is 11.9 Å². The SMILES string of the molecule is CCCC(NC(=O)c1ccc(NCC(N)CS)cc1-c1ccccc1)C(=O)OC. The van der Waals surface area contributed by atoms with Crippen LogP contribution in [0.3, 0.4) is 0 Å². The molecule has 0 aliphatic rings. The van der Waals surface area contributed by atoms with Gasteiger partial charge in [-0.1, -0.05) is 43.7 Å². The fourth-order valence-electron chi connectivity index (χ4n) is 2.94. The van der Waals surface area contributed by atoms with Crippen molar-refractivity contribution in [3.05, 3.63) is 54.1 Å². The number of amides is 1. The van der Waals surface area contributed by atoms with E-state index in [9.17, 15) is 9.59 Å². The van der Waals surface area contributed by atoms with Crippen molar-refractivity contribution in [1.82, 2.24) is 5.32 Å². The number of ether oxygens (including phenoxy) is 1. The first-order chi connectivity index (χ1) is 14.0. The van der Waals surface area contributed by atoms with Crippen LogP contribution in [-0.4, -0.2) is 43.4 Å². The third-order valence-electron chi connectivity index (χ3n) is 4.52. The van der Waals surface area contributed by atoms with Crippen LogP contribution in [0.2, 0.25) is 0 Å². The van der Waals surface area contributed by atoms with Gasteiger partial charge in [-0.15, -0.1) is 0 Å². The number of carbonyl (C=O) groups is 2. The highest BCUT2D eigenvalue weighted by atomic mass is 32.1. The van der Waals surface area contributed by atoms with Crippen LogP contribution in [0, 0.1) is 0 Å². The molecular formula is C22H29N3O3S. The van der Waals surface area contributed by atoms with E-state index >= 15 is 0 Å². The number of anilines is 1. The van der Waals surface area contributed by atoms with Crippen molar-refractivity contribution in [2.75, 3.05) is 24.7 Å². The van der Waals surface area contributed by atoms with Crippen molar-refractivity contribution in [3.8, 4) is 11.1 Å². The molecule has 156 valence electrons. The van der Waals surface area contributed by atoms with Gasteiger partial charge in [0.1, 0.15) is 6.04 Å². The van der Waals surface area contributed by atoms with Crippen LogP contribution in [-0.2, 0) is 9.53 Å². The Hall–Kier alpha value is -2.51. The maximum Gasteiger partial charge on any atom is 0.328 e. The first-order valence-electron chi connectivity index (χ1n) is 9.68. The van der Waals surface area contributed by atoms with Crippen LogP contribution in [0.5, 0.6) is 0 Å². The quantitative estimate of drug-likeness (QED) is 0.353. The number of esters is 1. The van der Waals surface area contributed by atoms with Crippen molar-refractivity contribution < 1.29 is 14.3 Å². The summed E-state index contributed by atoms with van der Waals surface area (Å²) in [6.45, 7) is 2.53. The van der Waals surface area contributed by atoms with Gasteiger partial charge in [-0.25, -0.2) is 4.79 Å². The van der Waals surface area contributed by atoms with Crippen molar-refractivity contribution in [2.24, 2.45) is 5.73 Å². The van der Waals surface area contributed by atoms with Crippen molar-refractivity contribution >= 4 is 30.2 Å². The second-order valence-electron chi connectivity index (χ2n) is 6.79. The van der Waals surface area contributed by atoms with Gasteiger partial charge in [-0.05, 0) is 35.7 Å². The lowest BCUT2D eigenvalue weighted by Crippen LogP contribution is -2.41. The molecule has 0 aliphatic heterocycles. The number of hydrogen-bond acceptors (Lipinski definition) is 6. The van der Waals surface area contributed by atoms with E-state index in [0.717, 1.165) is 23.2 Å². The fourth-order valence-corrected chi connectivity index (χ4v) is 3.07. The summed E-state index contributed by atoms with van der Waals surface area (Å²) in [4.78, 5) is 25.0. The van der Waals surface area contributed by atoms with E-state index in [1.54, 1.807) is 6.07 Å². The molecule has 0 saturated carbocycles. The molecule has 0 bridgehead atoms. The van der Waals surface area contributed by atoms with Gasteiger partial charge in [-0.2, -0.15) is 12.6 Å². The average molecular weight is 416 g/mol. The lowest BCUT2D eigenvalue weighted by atomic mass is 9.97. The minimum atomic E-state index is -0.674. The Bertz CT molecular complexity index is 814. The summed E-state index contributed by atoms with van der Waals surface area (Å²) in [5, 5.41) is 6.09. The largest absolute Gasteiger partial charge is 0.467 e. The van der Waals surface area contributed by atoms with Crippen LogP contribution in [0.25, 0.3) is 11.1 Å². The molecule has 6 nitrogen and oxygen atoms in total. The molecule has 4 N–H and O–H groups in total. The molecule has 0 aliphatic carbocycles. The van der Waals surface area contributed by atoms with Crippen molar-refractivity contribution in [3.63, 3.8) is 0 Å². The topological polar surface area (TPSA) is 93.5 Å². The molecule has 1 amide bonds. The predicted molar refractivity (Wildman–Crippen MR) is 120 cm³/mol. The molecule has 2 atom stereocenters. The Balaban J connectivity index is 2.34. The standard InChI is InChI=1S/C22H29N3O3S/c1-3-7-20(22(27)28-2)25-21(26)18-11-10-17(24-13-16(23)14-29)12-19(18)15-8-5-4-6-9-15/h4-6,8-12,16,20,24,29H,3,7,13-14,23H2,1-2H3,(H,25,26). The maximum absolute atomic E-state index is 13.0. The molecule has 0 radical (unpaired) electrons. The maximum atomic E-state index is 13.0. The molecule has 2 rings (SSSR count). The van der Waals surface area contributed by atoms with E-state index in [2.05, 4.69) is 23.3 Å². The number of methoxy groups -OCH3 is 1. The summed E-state index contributed by atoms with van der Waals surface area (Å²) in [5.74, 6) is -0.183. The average Bonchev–Trinajstić information content (AvgIpc) is 2.76. The first kappa shape index (κ1) is 22.8. The van der Waals surface area contributed by atoms with Gasteiger partial charge in [-0.3, -0.25) is 4.79 Å².